The first-order valence-electron chi connectivity index (χ1n) is 6.33. The van der Waals surface area contributed by atoms with Crippen LogP contribution in [0, 0.1) is 0 Å². The van der Waals surface area contributed by atoms with Crippen LogP contribution in [0.3, 0.4) is 0 Å². The summed E-state index contributed by atoms with van der Waals surface area (Å²) in [6.45, 7) is 1.34. The van der Waals surface area contributed by atoms with Gasteiger partial charge < -0.3 is 4.57 Å². The van der Waals surface area contributed by atoms with E-state index in [-0.39, 0.29) is 5.69 Å². The van der Waals surface area contributed by atoms with Gasteiger partial charge in [0.2, 0.25) is 0 Å². The predicted octanol–water partition coefficient (Wildman–Crippen LogP) is 1.30. The third kappa shape index (κ3) is 2.67. The van der Waals surface area contributed by atoms with Crippen LogP contribution in [0.25, 0.3) is 10.9 Å². The van der Waals surface area contributed by atoms with Gasteiger partial charge in [0, 0.05) is 28.1 Å². The summed E-state index contributed by atoms with van der Waals surface area (Å²) in [6.07, 6.45) is 3.60. The fourth-order valence-electron chi connectivity index (χ4n) is 2.18. The van der Waals surface area contributed by atoms with Crippen LogP contribution in [-0.2, 0) is 13.1 Å². The number of carbonyl (C=O) groups excluding carboxylic acids is 1. The van der Waals surface area contributed by atoms with E-state index in [0.717, 1.165) is 16.5 Å². The number of fused-ring (bicyclic) bond motifs is 1. The summed E-state index contributed by atoms with van der Waals surface area (Å²) in [5, 5.41) is 8.84. The summed E-state index contributed by atoms with van der Waals surface area (Å²) in [4.78, 5) is 11.3. The van der Waals surface area contributed by atoms with Crippen LogP contribution >= 0.6 is 15.9 Å². The molecule has 108 valence electrons. The van der Waals surface area contributed by atoms with E-state index in [9.17, 15) is 4.79 Å². The molecular formula is C13H13BrN6O. The van der Waals surface area contributed by atoms with Crippen molar-refractivity contribution in [3.63, 3.8) is 0 Å². The number of benzene rings is 1. The molecule has 0 aliphatic rings. The van der Waals surface area contributed by atoms with Gasteiger partial charge in [-0.2, -0.15) is 0 Å². The van der Waals surface area contributed by atoms with Crippen molar-refractivity contribution in [1.29, 1.82) is 0 Å². The molecule has 3 N–H and O–H groups in total. The van der Waals surface area contributed by atoms with E-state index in [1.54, 1.807) is 10.9 Å². The van der Waals surface area contributed by atoms with Crippen molar-refractivity contribution in [2.24, 2.45) is 5.84 Å². The molecule has 0 spiro atoms. The second-order valence-electron chi connectivity index (χ2n) is 4.52. The summed E-state index contributed by atoms with van der Waals surface area (Å²) < 4.78 is 4.82. The van der Waals surface area contributed by atoms with Crippen molar-refractivity contribution in [2.75, 3.05) is 0 Å². The van der Waals surface area contributed by atoms with Gasteiger partial charge >= 0.3 is 0 Å². The van der Waals surface area contributed by atoms with Gasteiger partial charge in [-0.3, -0.25) is 10.2 Å². The molecule has 2 aromatic heterocycles. The van der Waals surface area contributed by atoms with Gasteiger partial charge in [-0.25, -0.2) is 10.5 Å². The van der Waals surface area contributed by atoms with Crippen molar-refractivity contribution in [1.82, 2.24) is 25.0 Å². The van der Waals surface area contributed by atoms with Crippen molar-refractivity contribution in [2.45, 2.75) is 13.1 Å². The molecular weight excluding hydrogens is 336 g/mol. The number of nitrogens with two attached hydrogens (primary N) is 1. The van der Waals surface area contributed by atoms with Gasteiger partial charge in [-0.05, 0) is 18.2 Å². The monoisotopic (exact) mass is 348 g/mol. The highest BCUT2D eigenvalue weighted by Crippen LogP contribution is 2.24. The lowest BCUT2D eigenvalue weighted by Gasteiger charge is -2.05. The highest BCUT2D eigenvalue weighted by molar-refractivity contribution is 9.10. The third-order valence-electron chi connectivity index (χ3n) is 3.23. The Bertz CT molecular complexity index is 793. The molecule has 0 saturated carbocycles. The number of hydrazine groups is 1. The van der Waals surface area contributed by atoms with E-state index in [4.69, 9.17) is 5.84 Å². The number of carbonyl (C=O) groups is 1. The molecule has 2 heterocycles. The maximum absolute atomic E-state index is 11.3. The van der Waals surface area contributed by atoms with Gasteiger partial charge in [0.25, 0.3) is 5.91 Å². The summed E-state index contributed by atoms with van der Waals surface area (Å²) >= 11 is 3.54. The number of aryl methyl sites for hydroxylation is 2. The highest BCUT2D eigenvalue weighted by Gasteiger charge is 2.09. The standard InChI is InChI=1S/C13H13BrN6O/c14-10-2-1-3-12-9(10)4-5-19(12)6-7-20-8-11(17-18-20)13(21)16-15/h1-5,8H,6-7,15H2,(H,16,21). The SMILES string of the molecule is NNC(=O)c1cn(CCn2ccc3c(Br)cccc32)nn1. The number of nitrogen functional groups attached to an aromatic ring is 1. The van der Waals surface area contributed by atoms with Crippen molar-refractivity contribution >= 4 is 32.7 Å². The Morgan fingerprint density at radius 3 is 3.00 bits per heavy atom. The van der Waals surface area contributed by atoms with Gasteiger partial charge in [-0.15, -0.1) is 5.10 Å². The fourth-order valence-corrected chi connectivity index (χ4v) is 2.66. The van der Waals surface area contributed by atoms with E-state index in [1.807, 2.05) is 23.8 Å². The largest absolute Gasteiger partial charge is 0.346 e. The Morgan fingerprint density at radius 2 is 2.19 bits per heavy atom. The zero-order valence-electron chi connectivity index (χ0n) is 11.0. The molecule has 0 aliphatic heterocycles. The number of amides is 1. The zero-order chi connectivity index (χ0) is 14.8. The molecule has 0 aliphatic carbocycles. The van der Waals surface area contributed by atoms with Gasteiger partial charge in [0.05, 0.1) is 12.7 Å². The smallest absolute Gasteiger partial charge is 0.287 e. The molecule has 0 unspecified atom stereocenters. The molecule has 21 heavy (non-hydrogen) atoms. The molecule has 0 saturated heterocycles. The molecule has 0 fully saturated rings. The third-order valence-corrected chi connectivity index (χ3v) is 3.92. The van der Waals surface area contributed by atoms with E-state index < -0.39 is 5.91 Å². The lowest BCUT2D eigenvalue weighted by atomic mass is 10.2. The average Bonchev–Trinajstić information content (AvgIpc) is 3.12. The quantitative estimate of drug-likeness (QED) is 0.422. The Hall–Kier alpha value is -2.19. The van der Waals surface area contributed by atoms with E-state index in [0.29, 0.717) is 6.54 Å². The summed E-state index contributed by atoms with van der Waals surface area (Å²) in [7, 11) is 0. The molecule has 1 aromatic carbocycles. The first-order valence-corrected chi connectivity index (χ1v) is 7.13. The highest BCUT2D eigenvalue weighted by atomic mass is 79.9. The number of nitrogens with one attached hydrogen (secondary N) is 1. The second kappa shape index (κ2) is 5.66. The van der Waals surface area contributed by atoms with Gasteiger partial charge in [0.1, 0.15) is 0 Å². The molecule has 0 bridgehead atoms. The second-order valence-corrected chi connectivity index (χ2v) is 5.38. The topological polar surface area (TPSA) is 90.8 Å². The first kappa shape index (κ1) is 13.8. The molecule has 1 amide bonds. The molecule has 7 nitrogen and oxygen atoms in total. The molecule has 8 heteroatoms. The minimum Gasteiger partial charge on any atom is -0.346 e. The van der Waals surface area contributed by atoms with E-state index in [1.165, 1.54) is 5.39 Å². The molecule has 0 atom stereocenters. The van der Waals surface area contributed by atoms with Crippen molar-refractivity contribution in [3.8, 4) is 0 Å². The normalized spacial score (nSPS) is 11.0. The number of hydrogen-bond donors (Lipinski definition) is 2. The van der Waals surface area contributed by atoms with Crippen molar-refractivity contribution < 1.29 is 4.79 Å². The van der Waals surface area contributed by atoms with Crippen LogP contribution in [0.5, 0.6) is 0 Å². The van der Waals surface area contributed by atoms with E-state index >= 15 is 0 Å². The van der Waals surface area contributed by atoms with Crippen LogP contribution in [0.15, 0.2) is 41.1 Å². The molecule has 0 radical (unpaired) electrons. The first-order chi connectivity index (χ1) is 10.2. The zero-order valence-corrected chi connectivity index (χ0v) is 12.6. The lowest BCUT2D eigenvalue weighted by Crippen LogP contribution is -2.30. The van der Waals surface area contributed by atoms with Gasteiger partial charge in [0.15, 0.2) is 5.69 Å². The van der Waals surface area contributed by atoms with Crippen LogP contribution in [0.4, 0.5) is 0 Å². The number of rotatable bonds is 4. The van der Waals surface area contributed by atoms with Crippen LogP contribution in [-0.4, -0.2) is 25.5 Å². The number of halogens is 1. The Balaban J connectivity index is 1.76. The van der Waals surface area contributed by atoms with Gasteiger partial charge in [-0.1, -0.05) is 27.2 Å². The summed E-state index contributed by atoms with van der Waals surface area (Å²) in [5.41, 5.74) is 3.38. The number of hydrogen-bond acceptors (Lipinski definition) is 4. The fraction of sp³-hybridized carbons (Fsp3) is 0.154. The van der Waals surface area contributed by atoms with Crippen molar-refractivity contribution in [3.05, 3.63) is 46.8 Å². The number of aromatic nitrogens is 4. The van der Waals surface area contributed by atoms with E-state index in [2.05, 4.69) is 42.9 Å². The maximum Gasteiger partial charge on any atom is 0.287 e. The summed E-state index contributed by atoms with van der Waals surface area (Å²) in [5.74, 6) is 4.61. The minimum atomic E-state index is -0.448. The molecule has 3 rings (SSSR count). The Labute approximate surface area is 128 Å². The average molecular weight is 349 g/mol. The number of nitrogens with zero attached hydrogens (tertiary/aromatic N) is 4. The molecule has 3 aromatic rings. The van der Waals surface area contributed by atoms with Crippen LogP contribution in [0.1, 0.15) is 10.5 Å². The maximum atomic E-state index is 11.3. The van der Waals surface area contributed by atoms with Crippen LogP contribution in [0.2, 0.25) is 0 Å². The lowest BCUT2D eigenvalue weighted by molar-refractivity contribution is 0.0948. The summed E-state index contributed by atoms with van der Waals surface area (Å²) in [6, 6.07) is 8.15. The predicted molar refractivity (Wildman–Crippen MR) is 81.3 cm³/mol. The Morgan fingerprint density at radius 1 is 1.33 bits per heavy atom. The van der Waals surface area contributed by atoms with Crippen LogP contribution < -0.4 is 11.3 Å². The minimum absolute atomic E-state index is 0.206. The Kier molecular flexibility index (Phi) is 3.72.